The second-order valence-electron chi connectivity index (χ2n) is 4.80. The highest BCUT2D eigenvalue weighted by Gasteiger charge is 2.16. The average Bonchev–Trinajstić information content (AvgIpc) is 2.47. The first-order valence-corrected chi connectivity index (χ1v) is 7.16. The molecular weight excluding hydrogens is 270 g/mol. The maximum Gasteiger partial charge on any atom is 0.250 e. The summed E-state index contributed by atoms with van der Waals surface area (Å²) in [4.78, 5) is 38.5. The number of hydrogen-bond acceptors (Lipinski definition) is 3. The fourth-order valence-corrected chi connectivity index (χ4v) is 2.02. The molecule has 0 fully saturated rings. The van der Waals surface area contributed by atoms with Crippen LogP contribution in [0.25, 0.3) is 0 Å². The van der Waals surface area contributed by atoms with E-state index in [1.165, 1.54) is 15.5 Å². The fraction of sp³-hybridized carbons (Fsp3) is 0.533. The first-order chi connectivity index (χ1) is 9.99. The molecule has 0 aliphatic rings. The van der Waals surface area contributed by atoms with Crippen molar-refractivity contribution in [3.63, 3.8) is 0 Å². The standard InChI is InChI=1S/C15H23N3O3/c1-4-17(5-2)15(21)12-16(3)13(19)9-11-18-10-7-6-8-14(18)20/h6-8,10H,4-5,9,11-12H2,1-3H3. The molecule has 2 amide bonds. The smallest absolute Gasteiger partial charge is 0.250 e. The minimum atomic E-state index is -0.147. The van der Waals surface area contributed by atoms with Crippen LogP contribution in [0.5, 0.6) is 0 Å². The predicted molar refractivity (Wildman–Crippen MR) is 80.9 cm³/mol. The van der Waals surface area contributed by atoms with Crippen molar-refractivity contribution in [1.82, 2.24) is 14.4 Å². The predicted octanol–water partition coefficient (Wildman–Crippen LogP) is 0.565. The molecule has 0 aliphatic carbocycles. The van der Waals surface area contributed by atoms with Gasteiger partial charge in [0.15, 0.2) is 0 Å². The largest absolute Gasteiger partial charge is 0.342 e. The number of likely N-dealkylation sites (N-methyl/N-ethyl adjacent to an activating group) is 2. The quantitative estimate of drug-likeness (QED) is 0.738. The molecule has 21 heavy (non-hydrogen) atoms. The van der Waals surface area contributed by atoms with E-state index in [9.17, 15) is 14.4 Å². The van der Waals surface area contributed by atoms with Crippen molar-refractivity contribution in [1.29, 1.82) is 0 Å². The number of aromatic nitrogens is 1. The van der Waals surface area contributed by atoms with E-state index in [1.807, 2.05) is 13.8 Å². The van der Waals surface area contributed by atoms with Crippen LogP contribution in [0.2, 0.25) is 0 Å². The third-order valence-corrected chi connectivity index (χ3v) is 3.38. The number of nitrogens with zero attached hydrogens (tertiary/aromatic N) is 3. The Bertz CT molecular complexity index is 535. The van der Waals surface area contributed by atoms with Gasteiger partial charge >= 0.3 is 0 Å². The third kappa shape index (κ3) is 5.06. The molecule has 6 heteroatoms. The lowest BCUT2D eigenvalue weighted by Crippen LogP contribution is -2.41. The SMILES string of the molecule is CCN(CC)C(=O)CN(C)C(=O)CCn1ccccc1=O. The Balaban J connectivity index is 2.50. The maximum absolute atomic E-state index is 12.0. The Morgan fingerprint density at radius 2 is 1.81 bits per heavy atom. The zero-order chi connectivity index (χ0) is 15.8. The van der Waals surface area contributed by atoms with Gasteiger partial charge < -0.3 is 14.4 Å². The van der Waals surface area contributed by atoms with E-state index < -0.39 is 0 Å². The normalized spacial score (nSPS) is 10.2. The van der Waals surface area contributed by atoms with Gasteiger partial charge in [-0.2, -0.15) is 0 Å². The van der Waals surface area contributed by atoms with E-state index >= 15 is 0 Å². The molecule has 0 aromatic carbocycles. The highest BCUT2D eigenvalue weighted by Crippen LogP contribution is 1.97. The number of hydrogen-bond donors (Lipinski definition) is 0. The van der Waals surface area contributed by atoms with Crippen molar-refractivity contribution in [3.8, 4) is 0 Å². The topological polar surface area (TPSA) is 62.6 Å². The number of rotatable bonds is 7. The van der Waals surface area contributed by atoms with Crippen LogP contribution in [-0.4, -0.2) is 52.9 Å². The van der Waals surface area contributed by atoms with Crippen LogP contribution in [0.4, 0.5) is 0 Å². The number of carbonyl (C=O) groups is 2. The lowest BCUT2D eigenvalue weighted by molar-refractivity contribution is -0.139. The van der Waals surface area contributed by atoms with Crippen molar-refractivity contribution >= 4 is 11.8 Å². The van der Waals surface area contributed by atoms with Crippen molar-refractivity contribution in [2.24, 2.45) is 0 Å². The number of aryl methyl sites for hydroxylation is 1. The van der Waals surface area contributed by atoms with Gasteiger partial charge in [0, 0.05) is 45.4 Å². The van der Waals surface area contributed by atoms with Gasteiger partial charge in [-0.15, -0.1) is 0 Å². The van der Waals surface area contributed by atoms with Gasteiger partial charge in [0.25, 0.3) is 5.56 Å². The summed E-state index contributed by atoms with van der Waals surface area (Å²) in [6, 6.07) is 4.87. The molecule has 0 saturated heterocycles. The van der Waals surface area contributed by atoms with Gasteiger partial charge in [0.2, 0.25) is 11.8 Å². The summed E-state index contributed by atoms with van der Waals surface area (Å²) in [6.07, 6.45) is 1.85. The Morgan fingerprint density at radius 1 is 1.14 bits per heavy atom. The van der Waals surface area contributed by atoms with Crippen LogP contribution < -0.4 is 5.56 Å². The lowest BCUT2D eigenvalue weighted by Gasteiger charge is -2.23. The molecule has 0 bridgehead atoms. The second-order valence-corrected chi connectivity index (χ2v) is 4.80. The third-order valence-electron chi connectivity index (χ3n) is 3.38. The molecule has 116 valence electrons. The molecule has 1 aromatic heterocycles. The molecule has 0 radical (unpaired) electrons. The van der Waals surface area contributed by atoms with Gasteiger partial charge in [-0.3, -0.25) is 14.4 Å². The minimum absolute atomic E-state index is 0.0623. The molecular formula is C15H23N3O3. The molecule has 1 heterocycles. The summed E-state index contributed by atoms with van der Waals surface area (Å²) in [5.41, 5.74) is -0.132. The van der Waals surface area contributed by atoms with Crippen LogP contribution in [0.15, 0.2) is 29.2 Å². The Hall–Kier alpha value is -2.11. The summed E-state index contributed by atoms with van der Waals surface area (Å²) in [7, 11) is 1.61. The second kappa shape index (κ2) is 8.24. The van der Waals surface area contributed by atoms with Crippen molar-refractivity contribution in [2.75, 3.05) is 26.7 Å². The van der Waals surface area contributed by atoms with E-state index in [-0.39, 0.29) is 30.3 Å². The molecule has 6 nitrogen and oxygen atoms in total. The zero-order valence-corrected chi connectivity index (χ0v) is 12.9. The zero-order valence-electron chi connectivity index (χ0n) is 12.9. The molecule has 0 atom stereocenters. The van der Waals surface area contributed by atoms with E-state index in [0.29, 0.717) is 19.6 Å². The summed E-state index contributed by atoms with van der Waals surface area (Å²) < 4.78 is 1.48. The van der Waals surface area contributed by atoms with Gasteiger partial charge in [-0.1, -0.05) is 6.07 Å². The molecule has 0 aliphatic heterocycles. The van der Waals surface area contributed by atoms with E-state index in [0.717, 1.165) is 0 Å². The van der Waals surface area contributed by atoms with Gasteiger partial charge in [0.05, 0.1) is 6.54 Å². The first-order valence-electron chi connectivity index (χ1n) is 7.16. The monoisotopic (exact) mass is 293 g/mol. The molecule has 0 spiro atoms. The summed E-state index contributed by atoms with van der Waals surface area (Å²) in [5, 5.41) is 0. The van der Waals surface area contributed by atoms with Crippen molar-refractivity contribution < 1.29 is 9.59 Å². The molecule has 1 rings (SSSR count). The van der Waals surface area contributed by atoms with Crippen LogP contribution in [0.3, 0.4) is 0 Å². The average molecular weight is 293 g/mol. The Labute approximate surface area is 125 Å². The first kappa shape index (κ1) is 16.9. The van der Waals surface area contributed by atoms with Crippen LogP contribution in [0, 0.1) is 0 Å². The van der Waals surface area contributed by atoms with Crippen molar-refractivity contribution in [2.45, 2.75) is 26.8 Å². The fourth-order valence-electron chi connectivity index (χ4n) is 2.02. The minimum Gasteiger partial charge on any atom is -0.342 e. The van der Waals surface area contributed by atoms with E-state index in [1.54, 1.807) is 30.3 Å². The van der Waals surface area contributed by atoms with Crippen LogP contribution in [0.1, 0.15) is 20.3 Å². The number of pyridine rings is 1. The van der Waals surface area contributed by atoms with Gasteiger partial charge in [-0.05, 0) is 19.9 Å². The molecule has 0 N–H and O–H groups in total. The molecule has 1 aromatic rings. The summed E-state index contributed by atoms with van der Waals surface area (Å²) in [6.45, 7) is 5.48. The van der Waals surface area contributed by atoms with Gasteiger partial charge in [-0.25, -0.2) is 0 Å². The highest BCUT2D eigenvalue weighted by atomic mass is 16.2. The van der Waals surface area contributed by atoms with Crippen LogP contribution in [-0.2, 0) is 16.1 Å². The molecule has 0 saturated carbocycles. The Morgan fingerprint density at radius 3 is 2.38 bits per heavy atom. The number of carbonyl (C=O) groups excluding carboxylic acids is 2. The van der Waals surface area contributed by atoms with E-state index in [2.05, 4.69) is 0 Å². The maximum atomic E-state index is 12.0. The van der Waals surface area contributed by atoms with E-state index in [4.69, 9.17) is 0 Å². The van der Waals surface area contributed by atoms with Gasteiger partial charge in [0.1, 0.15) is 0 Å². The molecule has 0 unspecified atom stereocenters. The summed E-state index contributed by atoms with van der Waals surface area (Å²) in [5.74, 6) is -0.209. The van der Waals surface area contributed by atoms with Crippen LogP contribution >= 0.6 is 0 Å². The Kier molecular flexibility index (Phi) is 6.65. The highest BCUT2D eigenvalue weighted by molar-refractivity contribution is 5.84. The van der Waals surface area contributed by atoms with Crippen molar-refractivity contribution in [3.05, 3.63) is 34.7 Å². The lowest BCUT2D eigenvalue weighted by atomic mass is 10.3. The number of amides is 2. The summed E-state index contributed by atoms with van der Waals surface area (Å²) >= 11 is 0.